The molecule has 0 saturated carbocycles. The van der Waals surface area contributed by atoms with E-state index in [0.717, 1.165) is 10.9 Å². The summed E-state index contributed by atoms with van der Waals surface area (Å²) in [5, 5.41) is 5.26. The normalized spacial score (nSPS) is 11.0. The molecule has 0 amide bonds. The third kappa shape index (κ3) is 1.42. The standard InChI is InChI=1S/C12H11N3O3/c1-16-9-4-6-3-7-11(13)15-18-12(7)14-8(6)5-10(9)17-2/h3-5H,1-2H3,(H2,13,15). The number of ether oxygens (including phenoxy) is 2. The molecule has 92 valence electrons. The van der Waals surface area contributed by atoms with Crippen molar-refractivity contribution in [3.05, 3.63) is 18.2 Å². The van der Waals surface area contributed by atoms with E-state index in [1.807, 2.05) is 12.1 Å². The highest BCUT2D eigenvalue weighted by atomic mass is 16.5. The average molecular weight is 245 g/mol. The summed E-state index contributed by atoms with van der Waals surface area (Å²) in [4.78, 5) is 4.34. The van der Waals surface area contributed by atoms with Gasteiger partial charge < -0.3 is 19.7 Å². The molecule has 0 atom stereocenters. The van der Waals surface area contributed by atoms with E-state index in [1.165, 1.54) is 0 Å². The van der Waals surface area contributed by atoms with Crippen LogP contribution < -0.4 is 15.2 Å². The van der Waals surface area contributed by atoms with Crippen LogP contribution in [-0.2, 0) is 0 Å². The lowest BCUT2D eigenvalue weighted by molar-refractivity contribution is 0.356. The number of hydrogen-bond acceptors (Lipinski definition) is 6. The second-order valence-electron chi connectivity index (χ2n) is 3.81. The Hall–Kier alpha value is -2.50. The summed E-state index contributed by atoms with van der Waals surface area (Å²) in [6, 6.07) is 5.49. The van der Waals surface area contributed by atoms with E-state index < -0.39 is 0 Å². The number of nitrogens with two attached hydrogens (primary N) is 1. The molecule has 1 aromatic carbocycles. The van der Waals surface area contributed by atoms with Crippen molar-refractivity contribution in [2.45, 2.75) is 0 Å². The molecular weight excluding hydrogens is 234 g/mol. The highest BCUT2D eigenvalue weighted by Crippen LogP contribution is 2.33. The first-order valence-electron chi connectivity index (χ1n) is 5.30. The molecule has 0 bridgehead atoms. The number of methoxy groups -OCH3 is 2. The minimum Gasteiger partial charge on any atom is -0.493 e. The van der Waals surface area contributed by atoms with Gasteiger partial charge in [0, 0.05) is 11.5 Å². The van der Waals surface area contributed by atoms with Crippen LogP contribution >= 0.6 is 0 Å². The minimum atomic E-state index is 0.328. The maximum Gasteiger partial charge on any atom is 0.260 e. The summed E-state index contributed by atoms with van der Waals surface area (Å²) >= 11 is 0. The summed E-state index contributed by atoms with van der Waals surface area (Å²) in [6.07, 6.45) is 0. The van der Waals surface area contributed by atoms with Crippen LogP contribution in [0.15, 0.2) is 22.7 Å². The highest BCUT2D eigenvalue weighted by Gasteiger charge is 2.11. The molecule has 0 radical (unpaired) electrons. The van der Waals surface area contributed by atoms with Crippen molar-refractivity contribution in [3.63, 3.8) is 0 Å². The Bertz CT molecular complexity index is 736. The molecule has 18 heavy (non-hydrogen) atoms. The van der Waals surface area contributed by atoms with Gasteiger partial charge in [0.1, 0.15) is 0 Å². The molecule has 2 heterocycles. The number of pyridine rings is 1. The number of rotatable bonds is 2. The van der Waals surface area contributed by atoms with Crippen molar-refractivity contribution >= 4 is 27.8 Å². The Morgan fingerprint density at radius 2 is 1.83 bits per heavy atom. The highest BCUT2D eigenvalue weighted by molar-refractivity contribution is 5.96. The lowest BCUT2D eigenvalue weighted by Gasteiger charge is -2.08. The number of hydrogen-bond donors (Lipinski definition) is 1. The number of benzene rings is 1. The summed E-state index contributed by atoms with van der Waals surface area (Å²) in [5.74, 6) is 1.58. The fourth-order valence-corrected chi connectivity index (χ4v) is 1.88. The van der Waals surface area contributed by atoms with E-state index in [-0.39, 0.29) is 0 Å². The molecule has 0 aliphatic carbocycles. The zero-order valence-corrected chi connectivity index (χ0v) is 9.93. The quantitative estimate of drug-likeness (QED) is 0.743. The van der Waals surface area contributed by atoms with Gasteiger partial charge >= 0.3 is 0 Å². The molecule has 6 nitrogen and oxygen atoms in total. The van der Waals surface area contributed by atoms with Crippen LogP contribution in [0.2, 0.25) is 0 Å². The van der Waals surface area contributed by atoms with E-state index in [2.05, 4.69) is 10.1 Å². The smallest absolute Gasteiger partial charge is 0.260 e. The molecule has 0 aliphatic rings. The van der Waals surface area contributed by atoms with Gasteiger partial charge in [-0.05, 0) is 12.1 Å². The minimum absolute atomic E-state index is 0.328. The zero-order chi connectivity index (χ0) is 12.7. The van der Waals surface area contributed by atoms with Crippen LogP contribution in [0.1, 0.15) is 0 Å². The Morgan fingerprint density at radius 3 is 2.56 bits per heavy atom. The van der Waals surface area contributed by atoms with Crippen molar-refractivity contribution in [2.75, 3.05) is 20.0 Å². The molecule has 0 unspecified atom stereocenters. The van der Waals surface area contributed by atoms with Gasteiger partial charge in [-0.15, -0.1) is 0 Å². The molecule has 2 aromatic heterocycles. The Labute approximate surface area is 102 Å². The number of fused-ring (bicyclic) bond motifs is 2. The third-order valence-corrected chi connectivity index (χ3v) is 2.79. The van der Waals surface area contributed by atoms with Gasteiger partial charge in [0.25, 0.3) is 5.71 Å². The summed E-state index contributed by atoms with van der Waals surface area (Å²) < 4.78 is 15.5. The SMILES string of the molecule is COc1cc2cc3c(N)noc3nc2cc1OC. The average Bonchev–Trinajstić information content (AvgIpc) is 2.75. The molecule has 0 spiro atoms. The number of anilines is 1. The first-order chi connectivity index (χ1) is 8.72. The van der Waals surface area contributed by atoms with E-state index in [4.69, 9.17) is 19.7 Å². The molecule has 3 aromatic rings. The van der Waals surface area contributed by atoms with Crippen molar-refractivity contribution in [3.8, 4) is 11.5 Å². The fourth-order valence-electron chi connectivity index (χ4n) is 1.88. The lowest BCUT2D eigenvalue weighted by atomic mass is 10.1. The molecule has 3 rings (SSSR count). The molecule has 2 N–H and O–H groups in total. The summed E-state index contributed by atoms with van der Waals surface area (Å²) in [6.45, 7) is 0. The van der Waals surface area contributed by atoms with Gasteiger partial charge in [-0.3, -0.25) is 0 Å². The lowest BCUT2D eigenvalue weighted by Crippen LogP contribution is -1.91. The van der Waals surface area contributed by atoms with Gasteiger partial charge in [0.15, 0.2) is 17.3 Å². The Balaban J connectivity index is 2.37. The fraction of sp³-hybridized carbons (Fsp3) is 0.167. The van der Waals surface area contributed by atoms with E-state index in [1.54, 1.807) is 20.3 Å². The predicted octanol–water partition coefficient (Wildman–Crippen LogP) is 1.98. The van der Waals surface area contributed by atoms with Gasteiger partial charge in [-0.2, -0.15) is 0 Å². The number of aromatic nitrogens is 2. The Kier molecular flexibility index (Phi) is 2.22. The maximum absolute atomic E-state index is 5.69. The van der Waals surface area contributed by atoms with Crippen molar-refractivity contribution in [1.29, 1.82) is 0 Å². The van der Waals surface area contributed by atoms with Crippen molar-refractivity contribution in [2.24, 2.45) is 0 Å². The van der Waals surface area contributed by atoms with E-state index in [0.29, 0.717) is 28.4 Å². The van der Waals surface area contributed by atoms with Crippen LogP contribution in [-0.4, -0.2) is 24.4 Å². The molecular formula is C12H11N3O3. The monoisotopic (exact) mass is 245 g/mol. The number of nitrogen functional groups attached to an aromatic ring is 1. The maximum atomic E-state index is 5.69. The van der Waals surface area contributed by atoms with Crippen molar-refractivity contribution in [1.82, 2.24) is 10.1 Å². The van der Waals surface area contributed by atoms with E-state index in [9.17, 15) is 0 Å². The summed E-state index contributed by atoms with van der Waals surface area (Å²) in [5.41, 5.74) is 6.84. The largest absolute Gasteiger partial charge is 0.493 e. The zero-order valence-electron chi connectivity index (χ0n) is 9.93. The number of nitrogens with zero attached hydrogens (tertiary/aromatic N) is 2. The third-order valence-electron chi connectivity index (χ3n) is 2.79. The van der Waals surface area contributed by atoms with Gasteiger partial charge in [-0.1, -0.05) is 5.16 Å². The van der Waals surface area contributed by atoms with E-state index >= 15 is 0 Å². The van der Waals surface area contributed by atoms with Crippen LogP contribution in [0, 0.1) is 0 Å². The molecule has 6 heteroatoms. The molecule has 0 fully saturated rings. The summed E-state index contributed by atoms with van der Waals surface area (Å²) in [7, 11) is 3.16. The van der Waals surface area contributed by atoms with Gasteiger partial charge in [-0.25, -0.2) is 4.98 Å². The van der Waals surface area contributed by atoms with Gasteiger partial charge in [0.05, 0.1) is 25.1 Å². The first kappa shape index (κ1) is 10.6. The molecule has 0 saturated heterocycles. The van der Waals surface area contributed by atoms with Crippen LogP contribution in [0.3, 0.4) is 0 Å². The Morgan fingerprint density at radius 1 is 1.11 bits per heavy atom. The second kappa shape index (κ2) is 3.76. The predicted molar refractivity (Wildman–Crippen MR) is 66.8 cm³/mol. The van der Waals surface area contributed by atoms with Crippen LogP contribution in [0.5, 0.6) is 11.5 Å². The second-order valence-corrected chi connectivity index (χ2v) is 3.81. The van der Waals surface area contributed by atoms with Crippen LogP contribution in [0.25, 0.3) is 22.0 Å². The topological polar surface area (TPSA) is 83.4 Å². The van der Waals surface area contributed by atoms with Gasteiger partial charge in [0.2, 0.25) is 0 Å². The van der Waals surface area contributed by atoms with Crippen LogP contribution in [0.4, 0.5) is 5.82 Å². The first-order valence-corrected chi connectivity index (χ1v) is 5.30. The molecule has 0 aliphatic heterocycles. The van der Waals surface area contributed by atoms with Crippen molar-refractivity contribution < 1.29 is 14.0 Å².